The largest absolute Gasteiger partial charge is 0.455 e. The zero-order chi connectivity index (χ0) is 27.9. The highest BCUT2D eigenvalue weighted by Gasteiger charge is 2.19. The van der Waals surface area contributed by atoms with Gasteiger partial charge in [-0.25, -0.2) is 4.98 Å². The van der Waals surface area contributed by atoms with Gasteiger partial charge >= 0.3 is 11.6 Å². The van der Waals surface area contributed by atoms with E-state index < -0.39 is 0 Å². The summed E-state index contributed by atoms with van der Waals surface area (Å²) in [7, 11) is 0. The van der Waals surface area contributed by atoms with Crippen LogP contribution in [0.4, 0.5) is 0 Å². The summed E-state index contributed by atoms with van der Waals surface area (Å²) in [6, 6.07) is 39.3. The van der Waals surface area contributed by atoms with Gasteiger partial charge in [-0.05, 0) is 53.1 Å². The van der Waals surface area contributed by atoms with E-state index in [9.17, 15) is 0 Å². The van der Waals surface area contributed by atoms with Gasteiger partial charge in [0, 0.05) is 27.7 Å². The first-order chi connectivity index (χ1) is 20.8. The lowest BCUT2D eigenvalue weighted by atomic mass is 10.0. The number of hydrogen-bond donors (Lipinski definition) is 2. The quantitative estimate of drug-likeness (QED) is 0.219. The molecular weight excluding hydrogens is 516 g/mol. The van der Waals surface area contributed by atoms with E-state index >= 15 is 0 Å². The van der Waals surface area contributed by atoms with Crippen molar-refractivity contribution in [3.05, 3.63) is 138 Å². The first kappa shape index (κ1) is 24.0. The smallest absolute Gasteiger partial charge is 0.354 e. The zero-order valence-electron chi connectivity index (χ0n) is 22.6. The van der Waals surface area contributed by atoms with Crippen LogP contribution in [0.3, 0.4) is 0 Å². The molecule has 198 valence electrons. The van der Waals surface area contributed by atoms with Gasteiger partial charge < -0.3 is 4.98 Å². The molecule has 0 saturated carbocycles. The van der Waals surface area contributed by atoms with E-state index in [1.165, 1.54) is 0 Å². The molecule has 0 amide bonds. The molecule has 2 aliphatic rings. The first-order valence-electron chi connectivity index (χ1n) is 13.9. The first-order valence-corrected chi connectivity index (χ1v) is 13.9. The van der Waals surface area contributed by atoms with Gasteiger partial charge in [-0.1, -0.05) is 91.0 Å². The Balaban J connectivity index is 1.54. The fourth-order valence-electron chi connectivity index (χ4n) is 5.70. The monoisotopic (exact) mass is 541 g/mol. The molecule has 0 fully saturated rings. The third-order valence-electron chi connectivity index (χ3n) is 7.58. The predicted molar refractivity (Wildman–Crippen MR) is 172 cm³/mol. The number of aromatic nitrogens is 4. The Kier molecular flexibility index (Phi) is 5.71. The molecule has 8 bridgehead atoms. The SMILES string of the molecule is C1=Cc2nc1[o+]c1ccc([nH]1)c(-c1ccccc1)c1nc(c(-c3ccccc3)c3ccc([nH]3)c2-c2ccccc2)C=C1. The van der Waals surface area contributed by atoms with E-state index in [1.807, 2.05) is 66.7 Å². The van der Waals surface area contributed by atoms with Gasteiger partial charge in [0.15, 0.2) is 0 Å². The third-order valence-corrected chi connectivity index (χ3v) is 7.58. The highest BCUT2D eigenvalue weighted by Crippen LogP contribution is 2.36. The van der Waals surface area contributed by atoms with Crippen LogP contribution in [0, 0.1) is 0 Å². The Morgan fingerprint density at radius 2 is 0.833 bits per heavy atom. The molecule has 0 radical (unpaired) electrons. The third kappa shape index (κ3) is 4.25. The second-order valence-corrected chi connectivity index (χ2v) is 10.2. The van der Waals surface area contributed by atoms with Crippen LogP contribution >= 0.6 is 0 Å². The summed E-state index contributed by atoms with van der Waals surface area (Å²) < 4.78 is 6.23. The van der Waals surface area contributed by atoms with Crippen molar-refractivity contribution in [2.45, 2.75) is 0 Å². The summed E-state index contributed by atoms with van der Waals surface area (Å²) in [4.78, 5) is 17.3. The van der Waals surface area contributed by atoms with Crippen LogP contribution in [-0.4, -0.2) is 19.9 Å². The molecule has 0 saturated heterocycles. The van der Waals surface area contributed by atoms with Gasteiger partial charge in [0.05, 0.1) is 34.7 Å². The molecule has 3 aromatic heterocycles. The van der Waals surface area contributed by atoms with Crippen molar-refractivity contribution in [3.8, 4) is 33.4 Å². The minimum absolute atomic E-state index is 0.525. The molecule has 5 heterocycles. The summed E-state index contributed by atoms with van der Waals surface area (Å²) in [6.45, 7) is 0. The zero-order valence-corrected chi connectivity index (χ0v) is 22.6. The van der Waals surface area contributed by atoms with Gasteiger partial charge in [-0.3, -0.25) is 4.98 Å². The van der Waals surface area contributed by atoms with Crippen LogP contribution < -0.4 is 0 Å². The highest BCUT2D eigenvalue weighted by atomic mass is 16.3. The number of H-pyrrole nitrogens is 2. The number of aromatic amines is 2. The highest BCUT2D eigenvalue weighted by molar-refractivity contribution is 5.97. The van der Waals surface area contributed by atoms with Crippen molar-refractivity contribution in [2.24, 2.45) is 0 Å². The standard InChI is InChI=1S/C37H25N4O/c1-4-10-24(11-5-1)35-27-16-18-29(38-27)36(25-12-6-2-7-13-25)31-20-22-33(40-31)42-34-23-21-32(41-34)37(26-14-8-3-9-15-26)30-19-17-28(35)39-30/h1-23,38,41H/q+1. The summed E-state index contributed by atoms with van der Waals surface area (Å²) in [6.07, 6.45) is 8.12. The summed E-state index contributed by atoms with van der Waals surface area (Å²) in [5.41, 5.74) is 12.3. The minimum Gasteiger partial charge on any atom is -0.354 e. The molecule has 42 heavy (non-hydrogen) atoms. The molecule has 0 spiro atoms. The maximum Gasteiger partial charge on any atom is 0.455 e. The summed E-state index contributed by atoms with van der Waals surface area (Å²) in [5, 5.41) is 0. The van der Waals surface area contributed by atoms with E-state index in [0.717, 1.165) is 67.0 Å². The average molecular weight is 542 g/mol. The Hall–Kier alpha value is -5.81. The molecule has 8 rings (SSSR count). The Labute approximate surface area is 242 Å². The molecule has 5 nitrogen and oxygen atoms in total. The lowest BCUT2D eigenvalue weighted by Gasteiger charge is -2.05. The van der Waals surface area contributed by atoms with Crippen molar-refractivity contribution < 1.29 is 4.42 Å². The topological polar surface area (TPSA) is 68.7 Å². The number of fused-ring (bicyclic) bond motifs is 8. The normalized spacial score (nSPS) is 12.1. The molecule has 2 N–H and O–H groups in total. The fourth-order valence-corrected chi connectivity index (χ4v) is 5.70. The van der Waals surface area contributed by atoms with Crippen molar-refractivity contribution in [2.75, 3.05) is 0 Å². The Bertz CT molecular complexity index is 2140. The number of hydrogen-bond acceptors (Lipinski definition) is 2. The van der Waals surface area contributed by atoms with Gasteiger partial charge in [0.25, 0.3) is 0 Å². The molecule has 0 aliphatic carbocycles. The summed E-state index contributed by atoms with van der Waals surface area (Å²) in [5.74, 6) is 0.525. The molecule has 2 aliphatic heterocycles. The van der Waals surface area contributed by atoms with Crippen molar-refractivity contribution in [1.82, 2.24) is 19.9 Å². The maximum absolute atomic E-state index is 6.23. The van der Waals surface area contributed by atoms with Crippen LogP contribution in [0.5, 0.6) is 0 Å². The van der Waals surface area contributed by atoms with Crippen LogP contribution in [-0.2, 0) is 0 Å². The van der Waals surface area contributed by atoms with Crippen LogP contribution in [0.1, 0.15) is 23.0 Å². The Morgan fingerprint density at radius 1 is 0.405 bits per heavy atom. The van der Waals surface area contributed by atoms with Gasteiger partial charge in [0.2, 0.25) is 0 Å². The predicted octanol–water partition coefficient (Wildman–Crippen LogP) is 9.53. The minimum atomic E-state index is 0.525. The van der Waals surface area contributed by atoms with Crippen molar-refractivity contribution in [3.63, 3.8) is 0 Å². The van der Waals surface area contributed by atoms with Crippen LogP contribution in [0.15, 0.2) is 120 Å². The van der Waals surface area contributed by atoms with Gasteiger partial charge in [-0.15, -0.1) is 0 Å². The van der Waals surface area contributed by atoms with Gasteiger partial charge in [-0.2, -0.15) is 9.40 Å². The summed E-state index contributed by atoms with van der Waals surface area (Å²) >= 11 is 0. The lowest BCUT2D eigenvalue weighted by molar-refractivity contribution is 0.562. The van der Waals surface area contributed by atoms with Crippen molar-refractivity contribution >= 4 is 46.6 Å². The number of nitrogens with one attached hydrogen (secondary N) is 2. The Morgan fingerprint density at radius 3 is 1.36 bits per heavy atom. The molecule has 0 atom stereocenters. The molecule has 5 heteroatoms. The van der Waals surface area contributed by atoms with Crippen molar-refractivity contribution in [1.29, 1.82) is 0 Å². The molecule has 3 aromatic carbocycles. The number of nitrogens with zero attached hydrogens (tertiary/aromatic N) is 2. The maximum atomic E-state index is 6.23. The number of benzene rings is 3. The van der Waals surface area contributed by atoms with Crippen LogP contribution in [0.2, 0.25) is 0 Å². The van der Waals surface area contributed by atoms with E-state index in [0.29, 0.717) is 11.6 Å². The average Bonchev–Trinajstić information content (AvgIpc) is 3.86. The van der Waals surface area contributed by atoms with Crippen LogP contribution in [0.25, 0.3) is 79.9 Å². The van der Waals surface area contributed by atoms with E-state index in [4.69, 9.17) is 14.4 Å². The van der Waals surface area contributed by atoms with E-state index in [-0.39, 0.29) is 0 Å². The lowest BCUT2D eigenvalue weighted by Crippen LogP contribution is -1.88. The van der Waals surface area contributed by atoms with E-state index in [2.05, 4.69) is 82.8 Å². The molecule has 6 aromatic rings. The molecular formula is C37H25N4O+. The fraction of sp³-hybridized carbons (Fsp3) is 0. The second-order valence-electron chi connectivity index (χ2n) is 10.2. The van der Waals surface area contributed by atoms with Gasteiger partial charge in [0.1, 0.15) is 0 Å². The molecule has 0 unspecified atom stereocenters. The number of rotatable bonds is 3. The second kappa shape index (κ2) is 9.98. The van der Waals surface area contributed by atoms with E-state index in [1.54, 1.807) is 0 Å².